The predicted molar refractivity (Wildman–Crippen MR) is 85.2 cm³/mol. The standard InChI is InChI=1S/C16H14ClFN2O2/c1-22-15-8-7-12(17)10-11(15)6-9-16(21)20-19-14-5-3-2-4-13(14)18/h2-10,19H,1H3,(H,20,21)/b9-6+. The Bertz CT molecular complexity index is 704. The van der Waals surface area contributed by atoms with Crippen LogP contribution in [-0.2, 0) is 4.79 Å². The Labute approximate surface area is 132 Å². The molecule has 0 unspecified atom stereocenters. The Kier molecular flexibility index (Phi) is 5.38. The van der Waals surface area contributed by atoms with E-state index in [1.165, 1.54) is 25.3 Å². The molecule has 0 saturated heterocycles. The highest BCUT2D eigenvalue weighted by atomic mass is 35.5. The zero-order chi connectivity index (χ0) is 15.9. The summed E-state index contributed by atoms with van der Waals surface area (Å²) in [7, 11) is 1.53. The van der Waals surface area contributed by atoms with E-state index in [4.69, 9.17) is 16.3 Å². The van der Waals surface area contributed by atoms with Gasteiger partial charge in [0.05, 0.1) is 12.8 Å². The van der Waals surface area contributed by atoms with Gasteiger partial charge in [-0.3, -0.25) is 15.6 Å². The molecule has 1 amide bonds. The minimum absolute atomic E-state index is 0.185. The van der Waals surface area contributed by atoms with Crippen LogP contribution in [0.3, 0.4) is 0 Å². The molecule has 0 aliphatic carbocycles. The van der Waals surface area contributed by atoms with E-state index in [1.807, 2.05) is 0 Å². The molecule has 114 valence electrons. The van der Waals surface area contributed by atoms with Crippen LogP contribution in [0, 0.1) is 5.82 Å². The first-order valence-electron chi connectivity index (χ1n) is 6.42. The number of hydrazine groups is 1. The van der Waals surface area contributed by atoms with Crippen LogP contribution in [0.1, 0.15) is 5.56 Å². The lowest BCUT2D eigenvalue weighted by Gasteiger charge is -2.07. The lowest BCUT2D eigenvalue weighted by Crippen LogP contribution is -2.27. The zero-order valence-corrected chi connectivity index (χ0v) is 12.5. The van der Waals surface area contributed by atoms with Crippen molar-refractivity contribution in [2.24, 2.45) is 0 Å². The van der Waals surface area contributed by atoms with Crippen LogP contribution in [0.15, 0.2) is 48.5 Å². The summed E-state index contributed by atoms with van der Waals surface area (Å²) in [6.45, 7) is 0. The number of hydrogen-bond donors (Lipinski definition) is 2. The van der Waals surface area contributed by atoms with E-state index in [-0.39, 0.29) is 5.69 Å². The van der Waals surface area contributed by atoms with Crippen molar-refractivity contribution in [2.45, 2.75) is 0 Å². The van der Waals surface area contributed by atoms with Gasteiger partial charge in [-0.05, 0) is 36.4 Å². The quantitative estimate of drug-likeness (QED) is 0.653. The van der Waals surface area contributed by atoms with E-state index < -0.39 is 11.7 Å². The maximum Gasteiger partial charge on any atom is 0.262 e. The SMILES string of the molecule is COc1ccc(Cl)cc1/C=C/C(=O)NNc1ccccc1F. The first kappa shape index (κ1) is 15.9. The van der Waals surface area contributed by atoms with Crippen LogP contribution in [0.4, 0.5) is 10.1 Å². The second-order valence-electron chi connectivity index (χ2n) is 4.31. The van der Waals surface area contributed by atoms with Crippen LogP contribution in [0.25, 0.3) is 6.08 Å². The number of ether oxygens (including phenoxy) is 1. The van der Waals surface area contributed by atoms with Gasteiger partial charge >= 0.3 is 0 Å². The number of rotatable bonds is 5. The van der Waals surface area contributed by atoms with Gasteiger partial charge in [-0.25, -0.2) is 4.39 Å². The zero-order valence-electron chi connectivity index (χ0n) is 11.8. The van der Waals surface area contributed by atoms with E-state index in [0.717, 1.165) is 0 Å². The van der Waals surface area contributed by atoms with Crippen molar-refractivity contribution < 1.29 is 13.9 Å². The highest BCUT2D eigenvalue weighted by Crippen LogP contribution is 2.23. The summed E-state index contributed by atoms with van der Waals surface area (Å²) in [5, 5.41) is 0.533. The van der Waals surface area contributed by atoms with Gasteiger partial charge in [0.15, 0.2) is 0 Å². The summed E-state index contributed by atoms with van der Waals surface area (Å²) in [5.74, 6) is -0.302. The maximum absolute atomic E-state index is 13.4. The summed E-state index contributed by atoms with van der Waals surface area (Å²) in [6, 6.07) is 11.1. The molecule has 2 aromatic rings. The average molecular weight is 321 g/mol. The van der Waals surface area contributed by atoms with Crippen LogP contribution in [0.5, 0.6) is 5.75 Å². The van der Waals surface area contributed by atoms with E-state index in [1.54, 1.807) is 36.4 Å². The number of amides is 1. The fourth-order valence-corrected chi connectivity index (χ4v) is 1.91. The van der Waals surface area contributed by atoms with Crippen molar-refractivity contribution in [1.82, 2.24) is 5.43 Å². The lowest BCUT2D eigenvalue weighted by molar-refractivity contribution is -0.115. The summed E-state index contributed by atoms with van der Waals surface area (Å²) in [4.78, 5) is 11.7. The largest absolute Gasteiger partial charge is 0.496 e. The minimum Gasteiger partial charge on any atom is -0.496 e. The average Bonchev–Trinajstić information content (AvgIpc) is 2.52. The van der Waals surface area contributed by atoms with Crippen molar-refractivity contribution >= 4 is 29.3 Å². The molecule has 6 heteroatoms. The fourth-order valence-electron chi connectivity index (χ4n) is 1.73. The molecule has 0 aliphatic rings. The predicted octanol–water partition coefficient (Wildman–Crippen LogP) is 3.64. The molecule has 2 aromatic carbocycles. The number of carbonyl (C=O) groups excluding carboxylic acids is 1. The number of carbonyl (C=O) groups is 1. The van der Waals surface area contributed by atoms with Gasteiger partial charge in [0.25, 0.3) is 5.91 Å². The monoisotopic (exact) mass is 320 g/mol. The summed E-state index contributed by atoms with van der Waals surface area (Å²) < 4.78 is 18.5. The number of para-hydroxylation sites is 1. The number of methoxy groups -OCH3 is 1. The van der Waals surface area contributed by atoms with Gasteiger partial charge in [-0.2, -0.15) is 0 Å². The number of anilines is 1. The Hall–Kier alpha value is -2.53. The summed E-state index contributed by atoms with van der Waals surface area (Å²) >= 11 is 5.90. The van der Waals surface area contributed by atoms with Crippen molar-refractivity contribution in [3.63, 3.8) is 0 Å². The molecule has 2 N–H and O–H groups in total. The van der Waals surface area contributed by atoms with E-state index >= 15 is 0 Å². The number of hydrogen-bond acceptors (Lipinski definition) is 3. The molecule has 0 saturated carbocycles. The number of halogens is 2. The van der Waals surface area contributed by atoms with Crippen molar-refractivity contribution in [3.05, 3.63) is 64.9 Å². The van der Waals surface area contributed by atoms with Crippen LogP contribution < -0.4 is 15.6 Å². The molecule has 4 nitrogen and oxygen atoms in total. The van der Waals surface area contributed by atoms with Gasteiger partial charge in [0.1, 0.15) is 11.6 Å². The third-order valence-corrected chi connectivity index (χ3v) is 3.04. The molecule has 0 aliphatic heterocycles. The van der Waals surface area contributed by atoms with E-state index in [9.17, 15) is 9.18 Å². The Balaban J connectivity index is 2.00. The molecular formula is C16H14ClFN2O2. The molecule has 2 rings (SSSR count). The topological polar surface area (TPSA) is 50.4 Å². The first-order valence-corrected chi connectivity index (χ1v) is 6.80. The van der Waals surface area contributed by atoms with Gasteiger partial charge in [0, 0.05) is 16.7 Å². The Morgan fingerprint density at radius 1 is 1.27 bits per heavy atom. The van der Waals surface area contributed by atoms with Crippen molar-refractivity contribution in [2.75, 3.05) is 12.5 Å². The highest BCUT2D eigenvalue weighted by molar-refractivity contribution is 6.30. The minimum atomic E-state index is -0.455. The smallest absolute Gasteiger partial charge is 0.262 e. The second-order valence-corrected chi connectivity index (χ2v) is 4.75. The Morgan fingerprint density at radius 2 is 2.05 bits per heavy atom. The summed E-state index contributed by atoms with van der Waals surface area (Å²) in [6.07, 6.45) is 2.85. The van der Waals surface area contributed by atoms with Gasteiger partial charge in [-0.15, -0.1) is 0 Å². The van der Waals surface area contributed by atoms with Crippen LogP contribution >= 0.6 is 11.6 Å². The molecule has 0 bridgehead atoms. The molecule has 0 heterocycles. The third kappa shape index (κ3) is 4.23. The fraction of sp³-hybridized carbons (Fsp3) is 0.0625. The second kappa shape index (κ2) is 7.47. The van der Waals surface area contributed by atoms with Crippen molar-refractivity contribution in [1.29, 1.82) is 0 Å². The lowest BCUT2D eigenvalue weighted by atomic mass is 10.2. The molecule has 0 radical (unpaired) electrons. The van der Waals surface area contributed by atoms with Crippen LogP contribution in [0.2, 0.25) is 5.02 Å². The first-order chi connectivity index (χ1) is 10.6. The maximum atomic E-state index is 13.4. The molecule has 0 atom stereocenters. The molecule has 0 spiro atoms. The van der Waals surface area contributed by atoms with Crippen molar-refractivity contribution in [3.8, 4) is 5.75 Å². The normalized spacial score (nSPS) is 10.5. The molecule has 0 fully saturated rings. The molecular weight excluding hydrogens is 307 g/mol. The Morgan fingerprint density at radius 3 is 2.77 bits per heavy atom. The van der Waals surface area contributed by atoms with Gasteiger partial charge in [0.2, 0.25) is 0 Å². The van der Waals surface area contributed by atoms with E-state index in [0.29, 0.717) is 16.3 Å². The number of benzene rings is 2. The molecule has 22 heavy (non-hydrogen) atoms. The molecule has 0 aromatic heterocycles. The van der Waals surface area contributed by atoms with Gasteiger partial charge < -0.3 is 4.74 Å². The number of nitrogens with one attached hydrogen (secondary N) is 2. The van der Waals surface area contributed by atoms with E-state index in [2.05, 4.69) is 10.9 Å². The van der Waals surface area contributed by atoms with Crippen LogP contribution in [-0.4, -0.2) is 13.0 Å². The third-order valence-electron chi connectivity index (χ3n) is 2.80. The van der Waals surface area contributed by atoms with Gasteiger partial charge in [-0.1, -0.05) is 23.7 Å². The summed E-state index contributed by atoms with van der Waals surface area (Å²) in [5.41, 5.74) is 5.73. The highest BCUT2D eigenvalue weighted by Gasteiger charge is 2.03.